The van der Waals surface area contributed by atoms with Gasteiger partial charge in [0.15, 0.2) is 0 Å². The molecule has 0 saturated carbocycles. The van der Waals surface area contributed by atoms with Gasteiger partial charge in [-0.05, 0) is 19.4 Å². The van der Waals surface area contributed by atoms with Gasteiger partial charge in [-0.1, -0.05) is 0 Å². The Balaban J connectivity index is 1.72. The third kappa shape index (κ3) is 3.14. The zero-order valence-electron chi connectivity index (χ0n) is 12.4. The number of nitrogens with two attached hydrogens (primary N) is 1. The minimum atomic E-state index is -0.00863. The van der Waals surface area contributed by atoms with Gasteiger partial charge in [0, 0.05) is 37.9 Å². The molecule has 0 radical (unpaired) electrons. The van der Waals surface area contributed by atoms with Crippen molar-refractivity contribution in [3.63, 3.8) is 0 Å². The van der Waals surface area contributed by atoms with Gasteiger partial charge in [0.2, 0.25) is 5.95 Å². The fourth-order valence-corrected chi connectivity index (χ4v) is 3.00. The first-order chi connectivity index (χ1) is 10.1. The lowest BCUT2D eigenvalue weighted by Gasteiger charge is -2.32. The van der Waals surface area contributed by atoms with Crippen molar-refractivity contribution in [2.75, 3.05) is 44.3 Å². The van der Waals surface area contributed by atoms with Crippen LogP contribution in [-0.2, 0) is 4.74 Å². The number of anilines is 1. The van der Waals surface area contributed by atoms with Gasteiger partial charge in [-0.25, -0.2) is 9.97 Å². The normalized spacial score (nSPS) is 23.5. The smallest absolute Gasteiger partial charge is 0.226 e. The molecule has 114 valence electrons. The number of nitrogen functional groups attached to an aromatic ring is 1. The second-order valence-corrected chi connectivity index (χ2v) is 5.65. The average Bonchev–Trinajstić information content (AvgIpc) is 2.97. The molecule has 1 aromatic heterocycles. The molecule has 2 saturated heterocycles. The standard InChI is InChI=1S/C14H22N6O/c1-10-8-12(13(15)16)18-14(17-10)20-3-2-11(9-20)19-4-6-21-7-5-19/h8,11H,2-7,9H2,1H3,(H3,15,16). The summed E-state index contributed by atoms with van der Waals surface area (Å²) in [6, 6.07) is 2.29. The van der Waals surface area contributed by atoms with Gasteiger partial charge in [0.1, 0.15) is 11.5 Å². The number of hydrogen-bond donors (Lipinski definition) is 2. The number of ether oxygens (including phenoxy) is 1. The molecule has 0 amide bonds. The molecule has 21 heavy (non-hydrogen) atoms. The highest BCUT2D eigenvalue weighted by Gasteiger charge is 2.30. The van der Waals surface area contributed by atoms with Gasteiger partial charge in [-0.15, -0.1) is 0 Å². The van der Waals surface area contributed by atoms with Crippen LogP contribution in [0, 0.1) is 12.3 Å². The lowest BCUT2D eigenvalue weighted by atomic mass is 10.2. The third-order valence-corrected chi connectivity index (χ3v) is 4.13. The fraction of sp³-hybridized carbons (Fsp3) is 0.643. The second-order valence-electron chi connectivity index (χ2n) is 5.65. The molecule has 1 unspecified atom stereocenters. The van der Waals surface area contributed by atoms with Crippen molar-refractivity contribution in [1.29, 1.82) is 5.41 Å². The van der Waals surface area contributed by atoms with Crippen molar-refractivity contribution in [3.05, 3.63) is 17.5 Å². The number of hydrogen-bond acceptors (Lipinski definition) is 6. The molecule has 1 aromatic rings. The maximum Gasteiger partial charge on any atom is 0.226 e. The van der Waals surface area contributed by atoms with Crippen molar-refractivity contribution in [2.45, 2.75) is 19.4 Å². The lowest BCUT2D eigenvalue weighted by Crippen LogP contribution is -2.44. The van der Waals surface area contributed by atoms with E-state index in [0.717, 1.165) is 51.5 Å². The molecule has 2 aliphatic rings. The summed E-state index contributed by atoms with van der Waals surface area (Å²) in [5, 5.41) is 7.55. The van der Waals surface area contributed by atoms with Crippen molar-refractivity contribution in [2.24, 2.45) is 5.73 Å². The van der Waals surface area contributed by atoms with Crippen LogP contribution in [0.3, 0.4) is 0 Å². The summed E-state index contributed by atoms with van der Waals surface area (Å²) in [4.78, 5) is 13.6. The monoisotopic (exact) mass is 290 g/mol. The van der Waals surface area contributed by atoms with Crippen LogP contribution >= 0.6 is 0 Å². The Kier molecular flexibility index (Phi) is 4.03. The summed E-state index contributed by atoms with van der Waals surface area (Å²) < 4.78 is 5.41. The molecule has 7 nitrogen and oxygen atoms in total. The van der Waals surface area contributed by atoms with Crippen LogP contribution in [0.2, 0.25) is 0 Å². The molecule has 0 bridgehead atoms. The van der Waals surface area contributed by atoms with Gasteiger partial charge >= 0.3 is 0 Å². The number of morpholine rings is 1. The number of nitrogens with zero attached hydrogens (tertiary/aromatic N) is 4. The van der Waals surface area contributed by atoms with E-state index >= 15 is 0 Å². The average molecular weight is 290 g/mol. The molecule has 7 heteroatoms. The lowest BCUT2D eigenvalue weighted by molar-refractivity contribution is 0.0209. The van der Waals surface area contributed by atoms with Gasteiger partial charge in [-0.2, -0.15) is 0 Å². The van der Waals surface area contributed by atoms with E-state index in [-0.39, 0.29) is 5.84 Å². The van der Waals surface area contributed by atoms with Gasteiger partial charge in [-0.3, -0.25) is 10.3 Å². The molecule has 2 aliphatic heterocycles. The number of rotatable bonds is 3. The van der Waals surface area contributed by atoms with E-state index in [0.29, 0.717) is 17.7 Å². The minimum Gasteiger partial charge on any atom is -0.382 e. The first-order valence-corrected chi connectivity index (χ1v) is 7.40. The second kappa shape index (κ2) is 5.95. The SMILES string of the molecule is Cc1cc(C(=N)N)nc(N2CCC(N3CCOCC3)C2)n1. The van der Waals surface area contributed by atoms with E-state index in [1.807, 2.05) is 6.92 Å². The van der Waals surface area contributed by atoms with E-state index in [1.165, 1.54) is 0 Å². The predicted molar refractivity (Wildman–Crippen MR) is 80.8 cm³/mol. The Morgan fingerprint density at radius 3 is 2.81 bits per heavy atom. The zero-order chi connectivity index (χ0) is 14.8. The quantitative estimate of drug-likeness (QED) is 0.600. The van der Waals surface area contributed by atoms with Gasteiger partial charge in [0.05, 0.1) is 13.2 Å². The van der Waals surface area contributed by atoms with E-state index in [9.17, 15) is 0 Å². The van der Waals surface area contributed by atoms with E-state index < -0.39 is 0 Å². The molecule has 1 atom stereocenters. The van der Waals surface area contributed by atoms with Crippen LogP contribution in [-0.4, -0.2) is 66.1 Å². The van der Waals surface area contributed by atoms with Gasteiger partial charge in [0.25, 0.3) is 0 Å². The van der Waals surface area contributed by atoms with E-state index in [2.05, 4.69) is 19.8 Å². The molecule has 0 spiro atoms. The van der Waals surface area contributed by atoms with E-state index in [1.54, 1.807) is 6.07 Å². The number of aryl methyl sites for hydroxylation is 1. The summed E-state index contributed by atoms with van der Waals surface area (Å²) in [7, 11) is 0. The van der Waals surface area contributed by atoms with Crippen LogP contribution in [0.25, 0.3) is 0 Å². The fourth-order valence-electron chi connectivity index (χ4n) is 3.00. The Bertz CT molecular complexity index is 528. The molecule has 3 heterocycles. The Labute approximate surface area is 124 Å². The summed E-state index contributed by atoms with van der Waals surface area (Å²) >= 11 is 0. The topological polar surface area (TPSA) is 91.4 Å². The van der Waals surface area contributed by atoms with Crippen LogP contribution in [0.5, 0.6) is 0 Å². The first-order valence-electron chi connectivity index (χ1n) is 7.40. The van der Waals surface area contributed by atoms with Crippen molar-refractivity contribution in [1.82, 2.24) is 14.9 Å². The molecule has 0 aromatic carbocycles. The predicted octanol–water partition coefficient (Wildman–Crippen LogP) is -0.0200. The number of nitrogens with one attached hydrogen (secondary N) is 1. The molecule has 2 fully saturated rings. The number of aromatic nitrogens is 2. The first kappa shape index (κ1) is 14.2. The Morgan fingerprint density at radius 1 is 1.33 bits per heavy atom. The van der Waals surface area contributed by atoms with Crippen molar-refractivity contribution < 1.29 is 4.74 Å². The maximum absolute atomic E-state index is 7.55. The van der Waals surface area contributed by atoms with Gasteiger partial charge < -0.3 is 15.4 Å². The highest BCUT2D eigenvalue weighted by molar-refractivity contribution is 5.93. The summed E-state index contributed by atoms with van der Waals surface area (Å²) in [5.74, 6) is 0.682. The molecule has 3 N–H and O–H groups in total. The Morgan fingerprint density at radius 2 is 2.10 bits per heavy atom. The van der Waals surface area contributed by atoms with E-state index in [4.69, 9.17) is 15.9 Å². The maximum atomic E-state index is 7.55. The number of amidine groups is 1. The summed E-state index contributed by atoms with van der Waals surface area (Å²) in [5.41, 5.74) is 6.90. The molecule has 3 rings (SSSR count). The van der Waals surface area contributed by atoms with Crippen molar-refractivity contribution >= 4 is 11.8 Å². The largest absolute Gasteiger partial charge is 0.382 e. The highest BCUT2D eigenvalue weighted by atomic mass is 16.5. The van der Waals surface area contributed by atoms with Crippen molar-refractivity contribution in [3.8, 4) is 0 Å². The summed E-state index contributed by atoms with van der Waals surface area (Å²) in [6.45, 7) is 7.45. The zero-order valence-corrected chi connectivity index (χ0v) is 12.4. The Hall–Kier alpha value is -1.73. The van der Waals surface area contributed by atoms with Crippen LogP contribution in [0.1, 0.15) is 17.8 Å². The van der Waals surface area contributed by atoms with Crippen LogP contribution in [0.15, 0.2) is 6.07 Å². The molecular weight excluding hydrogens is 268 g/mol. The third-order valence-electron chi connectivity index (χ3n) is 4.13. The molecular formula is C14H22N6O. The highest BCUT2D eigenvalue weighted by Crippen LogP contribution is 2.21. The van der Waals surface area contributed by atoms with Crippen LogP contribution in [0.4, 0.5) is 5.95 Å². The van der Waals surface area contributed by atoms with Crippen LogP contribution < -0.4 is 10.6 Å². The summed E-state index contributed by atoms with van der Waals surface area (Å²) in [6.07, 6.45) is 1.12. The minimum absolute atomic E-state index is 0.00863. The molecule has 0 aliphatic carbocycles.